The number of amides is 2. The van der Waals surface area contributed by atoms with Gasteiger partial charge < -0.3 is 14.2 Å². The number of ether oxygens (including phenoxy) is 3. The lowest BCUT2D eigenvalue weighted by molar-refractivity contribution is -0.117. The highest BCUT2D eigenvalue weighted by Crippen LogP contribution is 2.30. The van der Waals surface area contributed by atoms with Crippen molar-refractivity contribution in [1.82, 2.24) is 5.43 Å². The molecule has 0 bridgehead atoms. The molecule has 33 heavy (non-hydrogen) atoms. The zero-order valence-electron chi connectivity index (χ0n) is 17.9. The third-order valence-corrected chi connectivity index (χ3v) is 4.93. The van der Waals surface area contributed by atoms with E-state index in [1.54, 1.807) is 66.7 Å². The van der Waals surface area contributed by atoms with Crippen LogP contribution >= 0.6 is 0 Å². The number of methoxy groups -OCH3 is 2. The Balaban J connectivity index is 1.55. The predicted octanol–water partition coefficient (Wildman–Crippen LogP) is 3.38. The Morgan fingerprint density at radius 3 is 2.27 bits per heavy atom. The van der Waals surface area contributed by atoms with Crippen LogP contribution in [0.5, 0.6) is 17.2 Å². The van der Waals surface area contributed by atoms with Gasteiger partial charge in [-0.1, -0.05) is 24.3 Å². The second-order valence-corrected chi connectivity index (χ2v) is 7.00. The zero-order chi connectivity index (χ0) is 23.4. The van der Waals surface area contributed by atoms with E-state index in [0.717, 1.165) is 0 Å². The molecule has 1 aliphatic heterocycles. The van der Waals surface area contributed by atoms with Gasteiger partial charge in [-0.05, 0) is 60.2 Å². The second kappa shape index (κ2) is 9.27. The minimum Gasteiger partial charge on any atom is -0.497 e. The van der Waals surface area contributed by atoms with E-state index in [4.69, 9.17) is 14.2 Å². The van der Waals surface area contributed by atoms with Crippen molar-refractivity contribution >= 4 is 29.5 Å². The Morgan fingerprint density at radius 1 is 0.879 bits per heavy atom. The monoisotopic (exact) mass is 444 g/mol. The average molecular weight is 444 g/mol. The van der Waals surface area contributed by atoms with Gasteiger partial charge in [0, 0.05) is 0 Å². The summed E-state index contributed by atoms with van der Waals surface area (Å²) in [5.41, 5.74) is 3.96. The Labute approximate surface area is 190 Å². The van der Waals surface area contributed by atoms with Gasteiger partial charge in [-0.15, -0.1) is 0 Å². The highest BCUT2D eigenvalue weighted by molar-refractivity contribution is 6.31. The number of hydrogen-bond donors (Lipinski definition) is 1. The maximum Gasteiger partial charge on any atom is 0.343 e. The summed E-state index contributed by atoms with van der Waals surface area (Å²) in [4.78, 5) is 37.6. The molecule has 0 saturated carbocycles. The molecular formula is C25H20N2O6. The summed E-state index contributed by atoms with van der Waals surface area (Å²) >= 11 is 0. The summed E-state index contributed by atoms with van der Waals surface area (Å²) in [6.07, 6.45) is 1.46. The van der Waals surface area contributed by atoms with Gasteiger partial charge in [0.15, 0.2) is 11.5 Å². The minimum absolute atomic E-state index is 0.0242. The zero-order valence-corrected chi connectivity index (χ0v) is 17.9. The summed E-state index contributed by atoms with van der Waals surface area (Å²) in [6.45, 7) is 0. The normalized spacial score (nSPS) is 14.2. The smallest absolute Gasteiger partial charge is 0.343 e. The molecule has 8 heteroatoms. The van der Waals surface area contributed by atoms with E-state index >= 15 is 0 Å². The predicted molar refractivity (Wildman–Crippen MR) is 121 cm³/mol. The van der Waals surface area contributed by atoms with Crippen LogP contribution in [0.25, 0.3) is 6.08 Å². The average Bonchev–Trinajstić information content (AvgIpc) is 3.13. The second-order valence-electron chi connectivity index (χ2n) is 7.00. The largest absolute Gasteiger partial charge is 0.497 e. The number of carbonyl (C=O) groups excluding carboxylic acids is 3. The van der Waals surface area contributed by atoms with Crippen LogP contribution < -0.4 is 24.6 Å². The van der Waals surface area contributed by atoms with Crippen LogP contribution in [0.1, 0.15) is 15.9 Å². The number of esters is 1. The van der Waals surface area contributed by atoms with Crippen LogP contribution in [0.4, 0.5) is 5.69 Å². The van der Waals surface area contributed by atoms with Gasteiger partial charge in [0.05, 0.1) is 25.5 Å². The van der Waals surface area contributed by atoms with Crippen LogP contribution in [0.15, 0.2) is 78.4 Å². The first-order valence-electron chi connectivity index (χ1n) is 9.96. The van der Waals surface area contributed by atoms with Gasteiger partial charge in [-0.25, -0.2) is 9.80 Å². The van der Waals surface area contributed by atoms with Crippen molar-refractivity contribution in [3.8, 4) is 17.2 Å². The van der Waals surface area contributed by atoms with Crippen LogP contribution in [-0.2, 0) is 9.59 Å². The van der Waals surface area contributed by atoms with Crippen molar-refractivity contribution in [2.75, 3.05) is 19.2 Å². The molecule has 1 saturated heterocycles. The first-order valence-corrected chi connectivity index (χ1v) is 9.96. The van der Waals surface area contributed by atoms with Crippen LogP contribution in [0.2, 0.25) is 0 Å². The molecule has 4 rings (SSSR count). The summed E-state index contributed by atoms with van der Waals surface area (Å²) in [5, 5.41) is 1.19. The fourth-order valence-corrected chi connectivity index (χ4v) is 3.23. The van der Waals surface area contributed by atoms with Crippen LogP contribution in [0, 0.1) is 0 Å². The molecule has 0 spiro atoms. The van der Waals surface area contributed by atoms with Gasteiger partial charge in [0.2, 0.25) is 0 Å². The van der Waals surface area contributed by atoms with E-state index in [2.05, 4.69) is 5.43 Å². The number of carbonyl (C=O) groups is 3. The lowest BCUT2D eigenvalue weighted by Gasteiger charge is -2.13. The van der Waals surface area contributed by atoms with Crippen LogP contribution in [-0.4, -0.2) is 32.0 Å². The van der Waals surface area contributed by atoms with Gasteiger partial charge in [0.25, 0.3) is 11.8 Å². The Hall–Kier alpha value is -4.59. The molecule has 166 valence electrons. The molecule has 0 atom stereocenters. The molecule has 0 aromatic heterocycles. The molecule has 3 aromatic rings. The van der Waals surface area contributed by atoms with Crippen molar-refractivity contribution in [1.29, 1.82) is 0 Å². The molecule has 1 fully saturated rings. The number of nitrogens with zero attached hydrogens (tertiary/aromatic N) is 1. The van der Waals surface area contributed by atoms with E-state index in [9.17, 15) is 14.4 Å². The molecule has 0 aliphatic carbocycles. The van der Waals surface area contributed by atoms with E-state index in [-0.39, 0.29) is 17.1 Å². The van der Waals surface area contributed by atoms with Crippen molar-refractivity contribution in [3.63, 3.8) is 0 Å². The van der Waals surface area contributed by atoms with Crippen molar-refractivity contribution in [2.45, 2.75) is 0 Å². The molecule has 1 aliphatic rings. The van der Waals surface area contributed by atoms with E-state index in [1.807, 2.05) is 6.07 Å². The standard InChI is InChI=1S/C25H20N2O6/c1-31-19-11-9-17(10-12-19)25(30)33-21-13-8-16(15-22(21)32-2)14-20-23(28)26-27(24(20)29)18-6-4-3-5-7-18/h3-15H,1-2H3,(H,26,28)/b20-14-. The van der Waals surface area contributed by atoms with Gasteiger partial charge in [-0.2, -0.15) is 0 Å². The minimum atomic E-state index is -0.564. The van der Waals surface area contributed by atoms with E-state index in [1.165, 1.54) is 25.3 Å². The third-order valence-electron chi connectivity index (χ3n) is 4.93. The Kier molecular flexibility index (Phi) is 6.08. The number of rotatable bonds is 6. The number of anilines is 1. The third kappa shape index (κ3) is 4.54. The highest BCUT2D eigenvalue weighted by atomic mass is 16.6. The fraction of sp³-hybridized carbons (Fsp3) is 0.0800. The highest BCUT2D eigenvalue weighted by Gasteiger charge is 2.34. The fourth-order valence-electron chi connectivity index (χ4n) is 3.23. The molecule has 1 N–H and O–H groups in total. The maximum absolute atomic E-state index is 12.8. The lowest BCUT2D eigenvalue weighted by Crippen LogP contribution is -2.35. The number of hydrazine groups is 1. The number of hydrogen-bond acceptors (Lipinski definition) is 6. The number of benzene rings is 3. The Bertz CT molecular complexity index is 1240. The van der Waals surface area contributed by atoms with Crippen molar-refractivity contribution < 1.29 is 28.6 Å². The molecule has 1 heterocycles. The maximum atomic E-state index is 12.8. The SMILES string of the molecule is COc1ccc(C(=O)Oc2ccc(/C=C3/C(=O)NN(c4ccccc4)C3=O)cc2OC)cc1. The van der Waals surface area contributed by atoms with Crippen LogP contribution in [0.3, 0.4) is 0 Å². The van der Waals surface area contributed by atoms with E-state index < -0.39 is 17.8 Å². The number of para-hydroxylation sites is 1. The van der Waals surface area contributed by atoms with Gasteiger partial charge in [-0.3, -0.25) is 15.0 Å². The van der Waals surface area contributed by atoms with Gasteiger partial charge >= 0.3 is 5.97 Å². The lowest BCUT2D eigenvalue weighted by atomic mass is 10.1. The first kappa shape index (κ1) is 21.6. The summed E-state index contributed by atoms with van der Waals surface area (Å²) < 4.78 is 15.9. The molecule has 0 unspecified atom stereocenters. The summed E-state index contributed by atoms with van der Waals surface area (Å²) in [6, 6.07) is 20.0. The first-order chi connectivity index (χ1) is 16.0. The molecule has 0 radical (unpaired) electrons. The summed E-state index contributed by atoms with van der Waals surface area (Å²) in [5.74, 6) is -0.452. The number of nitrogens with one attached hydrogen (secondary N) is 1. The van der Waals surface area contributed by atoms with E-state index in [0.29, 0.717) is 22.6 Å². The molecular weight excluding hydrogens is 424 g/mol. The summed E-state index contributed by atoms with van der Waals surface area (Å²) in [7, 11) is 2.97. The molecule has 3 aromatic carbocycles. The van der Waals surface area contributed by atoms with Gasteiger partial charge in [0.1, 0.15) is 11.3 Å². The molecule has 8 nitrogen and oxygen atoms in total. The van der Waals surface area contributed by atoms with Crippen molar-refractivity contribution in [2.24, 2.45) is 0 Å². The Morgan fingerprint density at radius 2 is 1.61 bits per heavy atom. The van der Waals surface area contributed by atoms with Crippen molar-refractivity contribution in [3.05, 3.63) is 89.5 Å². The topological polar surface area (TPSA) is 94.2 Å². The quantitative estimate of drug-likeness (QED) is 0.271. The molecule has 2 amide bonds.